The van der Waals surface area contributed by atoms with Gasteiger partial charge in [0.25, 0.3) is 11.4 Å². The van der Waals surface area contributed by atoms with E-state index in [0.29, 0.717) is 5.75 Å². The summed E-state index contributed by atoms with van der Waals surface area (Å²) in [7, 11) is 0. The van der Waals surface area contributed by atoms with E-state index in [2.05, 4.69) is 0 Å². The summed E-state index contributed by atoms with van der Waals surface area (Å²) in [5.74, 6) is -0.425. The van der Waals surface area contributed by atoms with Crippen molar-refractivity contribution in [3.05, 3.63) is 55.6 Å². The van der Waals surface area contributed by atoms with Crippen molar-refractivity contribution in [2.45, 2.75) is 25.0 Å². The Morgan fingerprint density at radius 3 is 1.78 bits per heavy atom. The minimum absolute atomic E-state index is 0.0156. The van der Waals surface area contributed by atoms with Crippen LogP contribution in [-0.4, -0.2) is 69.8 Å². The molecule has 2 aromatic rings. The Kier molecular flexibility index (Phi) is 8.61. The van der Waals surface area contributed by atoms with E-state index in [4.69, 9.17) is 39.5 Å². The smallest absolute Gasteiger partial charge is 0.308 e. The molecule has 196 valence electrons. The molecule has 0 aliphatic carbocycles. The van der Waals surface area contributed by atoms with E-state index in [9.17, 15) is 25.0 Å². The molecule has 0 radical (unpaired) electrons. The summed E-state index contributed by atoms with van der Waals surface area (Å²) in [6.07, 6.45) is -1.94. The molecule has 2 aromatic carbocycles. The zero-order valence-corrected chi connectivity index (χ0v) is 19.1. The van der Waals surface area contributed by atoms with Gasteiger partial charge in [-0.15, -0.1) is 0 Å². The molecular formula is C22H21N3O12. The van der Waals surface area contributed by atoms with Crippen molar-refractivity contribution in [2.24, 2.45) is 0 Å². The van der Waals surface area contributed by atoms with Crippen LogP contribution >= 0.6 is 0 Å². The number of hydrogen-bond acceptors (Lipinski definition) is 12. The highest BCUT2D eigenvalue weighted by Crippen LogP contribution is 2.41. The van der Waals surface area contributed by atoms with Gasteiger partial charge in [-0.3, -0.25) is 25.0 Å². The van der Waals surface area contributed by atoms with Gasteiger partial charge in [-0.2, -0.15) is 5.26 Å². The molecule has 15 nitrogen and oxygen atoms in total. The molecule has 2 atom stereocenters. The quantitative estimate of drug-likeness (QED) is 0.345. The topological polar surface area (TPSA) is 225 Å². The van der Waals surface area contributed by atoms with Crippen molar-refractivity contribution in [1.82, 2.24) is 0 Å². The maximum absolute atomic E-state index is 10.9. The zero-order chi connectivity index (χ0) is 27.1. The van der Waals surface area contributed by atoms with Gasteiger partial charge in [0.2, 0.25) is 0 Å². The summed E-state index contributed by atoms with van der Waals surface area (Å²) >= 11 is 0. The summed E-state index contributed by atoms with van der Waals surface area (Å²) in [6, 6.07) is 7.11. The molecule has 15 heteroatoms. The van der Waals surface area contributed by atoms with Gasteiger partial charge in [-0.05, 0) is 12.1 Å². The molecule has 2 aliphatic heterocycles. The first-order valence-electron chi connectivity index (χ1n) is 10.7. The van der Waals surface area contributed by atoms with E-state index >= 15 is 0 Å². The molecule has 0 aromatic heterocycles. The zero-order valence-electron chi connectivity index (χ0n) is 19.1. The SMILES string of the molecule is N#CCc1c([N+](=O)[O-])ccc2c1O[C@@H](CO)CO2.O=C(O)Cc1c([N+](=O)[O-])ccc2c1O[C@@H](CO)CO2. The fourth-order valence-corrected chi connectivity index (χ4v) is 3.54. The van der Waals surface area contributed by atoms with Gasteiger partial charge in [0.05, 0.1) is 53.1 Å². The van der Waals surface area contributed by atoms with Crippen LogP contribution in [0.4, 0.5) is 11.4 Å². The Morgan fingerprint density at radius 1 is 0.919 bits per heavy atom. The third-order valence-electron chi connectivity index (χ3n) is 5.20. The number of aliphatic hydroxyl groups is 2. The Labute approximate surface area is 208 Å². The number of nitriles is 1. The number of fused-ring (bicyclic) bond motifs is 2. The number of nitro groups is 2. The molecule has 2 heterocycles. The largest absolute Gasteiger partial charge is 0.486 e. The number of hydrogen-bond donors (Lipinski definition) is 3. The second-order valence-electron chi connectivity index (χ2n) is 7.67. The van der Waals surface area contributed by atoms with Crippen molar-refractivity contribution in [3.8, 4) is 29.1 Å². The number of rotatable bonds is 7. The first-order chi connectivity index (χ1) is 17.7. The monoisotopic (exact) mass is 519 g/mol. The van der Waals surface area contributed by atoms with Crippen LogP contribution < -0.4 is 18.9 Å². The minimum Gasteiger partial charge on any atom is -0.486 e. The van der Waals surface area contributed by atoms with Crippen LogP contribution in [-0.2, 0) is 17.6 Å². The lowest BCUT2D eigenvalue weighted by molar-refractivity contribution is -0.385. The number of aliphatic carboxylic acids is 1. The predicted octanol–water partition coefficient (Wildman–Crippen LogP) is 1.15. The number of benzene rings is 2. The summed E-state index contributed by atoms with van der Waals surface area (Å²) in [5.41, 5.74) is -0.410. The van der Waals surface area contributed by atoms with E-state index in [1.165, 1.54) is 24.3 Å². The summed E-state index contributed by atoms with van der Waals surface area (Å²) < 4.78 is 21.4. The highest BCUT2D eigenvalue weighted by atomic mass is 16.6. The molecule has 0 amide bonds. The number of carbonyl (C=O) groups is 1. The van der Waals surface area contributed by atoms with E-state index < -0.39 is 34.4 Å². The van der Waals surface area contributed by atoms with Crippen molar-refractivity contribution in [2.75, 3.05) is 26.4 Å². The second kappa shape index (κ2) is 11.8. The summed E-state index contributed by atoms with van der Waals surface area (Å²) in [4.78, 5) is 31.4. The van der Waals surface area contributed by atoms with Crippen LogP contribution in [0, 0.1) is 31.6 Å². The lowest BCUT2D eigenvalue weighted by Crippen LogP contribution is -2.33. The molecule has 37 heavy (non-hydrogen) atoms. The molecule has 3 N–H and O–H groups in total. The van der Waals surface area contributed by atoms with Gasteiger partial charge in [-0.25, -0.2) is 0 Å². The molecule has 0 fully saturated rings. The molecule has 4 rings (SSSR count). The highest BCUT2D eigenvalue weighted by molar-refractivity contribution is 5.75. The second-order valence-corrected chi connectivity index (χ2v) is 7.67. The van der Waals surface area contributed by atoms with Crippen molar-refractivity contribution >= 4 is 17.3 Å². The molecule has 2 aliphatic rings. The van der Waals surface area contributed by atoms with E-state index in [1.54, 1.807) is 0 Å². The molecule has 0 unspecified atom stereocenters. The highest BCUT2D eigenvalue weighted by Gasteiger charge is 2.30. The Morgan fingerprint density at radius 2 is 1.38 bits per heavy atom. The number of nitrogens with zero attached hydrogens (tertiary/aromatic N) is 3. The van der Waals surface area contributed by atoms with Crippen LogP contribution in [0.1, 0.15) is 11.1 Å². The van der Waals surface area contributed by atoms with Crippen LogP contribution in [0.25, 0.3) is 0 Å². The summed E-state index contributed by atoms with van der Waals surface area (Å²) in [5, 5.41) is 57.4. The van der Waals surface area contributed by atoms with Gasteiger partial charge >= 0.3 is 5.97 Å². The van der Waals surface area contributed by atoms with E-state index in [0.717, 1.165) is 0 Å². The molecular weight excluding hydrogens is 498 g/mol. The van der Waals surface area contributed by atoms with E-state index in [1.807, 2.05) is 6.07 Å². The first kappa shape index (κ1) is 26.9. The van der Waals surface area contributed by atoms with Gasteiger partial charge < -0.3 is 34.3 Å². The first-order valence-corrected chi connectivity index (χ1v) is 10.7. The number of ether oxygens (including phenoxy) is 4. The number of carboxylic acids is 1. The lowest BCUT2D eigenvalue weighted by atomic mass is 10.1. The number of nitro benzene ring substituents is 2. The van der Waals surface area contributed by atoms with Crippen LogP contribution in [0.3, 0.4) is 0 Å². The maximum Gasteiger partial charge on any atom is 0.308 e. The standard InChI is InChI=1S/C11H10N2O5.C11H11NO7/c12-4-3-8-9(13(15)16)1-2-10-11(8)18-7(5-14)6-17-10;13-4-6-5-18-9-2-1-8(12(16)17)7(3-10(14)15)11(9)19-6/h1-2,7,14H,3,5-6H2;1-2,6,13H,3-5H2,(H,14,15)/t7-;6-/m00/s1. The molecule has 0 bridgehead atoms. The minimum atomic E-state index is -1.22. The fraction of sp³-hybridized carbons (Fsp3) is 0.364. The van der Waals surface area contributed by atoms with Gasteiger partial charge in [0.15, 0.2) is 35.2 Å². The molecule has 0 saturated heterocycles. The van der Waals surface area contributed by atoms with E-state index in [-0.39, 0.29) is 72.6 Å². The predicted molar refractivity (Wildman–Crippen MR) is 121 cm³/mol. The Balaban J connectivity index is 0.000000206. The molecule has 0 spiro atoms. The van der Waals surface area contributed by atoms with Crippen molar-refractivity contribution in [1.29, 1.82) is 5.26 Å². The van der Waals surface area contributed by atoms with Crippen molar-refractivity contribution < 1.29 is 48.9 Å². The van der Waals surface area contributed by atoms with Crippen molar-refractivity contribution in [3.63, 3.8) is 0 Å². The van der Waals surface area contributed by atoms with Crippen LogP contribution in [0.5, 0.6) is 23.0 Å². The normalized spacial score (nSPS) is 17.0. The fourth-order valence-electron chi connectivity index (χ4n) is 3.54. The Bertz CT molecular complexity index is 1240. The van der Waals surface area contributed by atoms with Gasteiger partial charge in [0.1, 0.15) is 13.2 Å². The average molecular weight is 519 g/mol. The number of carboxylic acid groups (broad SMARTS) is 1. The van der Waals surface area contributed by atoms with Gasteiger partial charge in [-0.1, -0.05) is 0 Å². The third kappa shape index (κ3) is 6.12. The average Bonchev–Trinajstić information content (AvgIpc) is 2.88. The summed E-state index contributed by atoms with van der Waals surface area (Å²) in [6.45, 7) is -0.302. The van der Waals surface area contributed by atoms with Crippen LogP contribution in [0.2, 0.25) is 0 Å². The Hall–Kier alpha value is -4.68. The van der Waals surface area contributed by atoms with Crippen LogP contribution in [0.15, 0.2) is 24.3 Å². The molecule has 0 saturated carbocycles. The van der Waals surface area contributed by atoms with Gasteiger partial charge in [0, 0.05) is 12.1 Å². The number of aliphatic hydroxyl groups excluding tert-OH is 2. The maximum atomic E-state index is 10.9. The lowest BCUT2D eigenvalue weighted by Gasteiger charge is -2.26. The third-order valence-corrected chi connectivity index (χ3v) is 5.20.